The molecule has 0 saturated carbocycles. The highest BCUT2D eigenvalue weighted by Gasteiger charge is 2.43. The molecule has 4 aromatic rings. The smallest absolute Gasteiger partial charge is 0.444 e. The third-order valence-corrected chi connectivity index (χ3v) is 8.23. The molecule has 0 amide bonds. The number of fused-ring (bicyclic) bond motifs is 1. The van der Waals surface area contributed by atoms with E-state index < -0.39 is 23.7 Å². The normalized spacial score (nSPS) is 19.1. The largest absolute Gasteiger partial charge is 0.471 e. The Morgan fingerprint density at radius 1 is 1.11 bits per heavy atom. The molecular weight excluding hydrogens is 604 g/mol. The van der Waals surface area contributed by atoms with Crippen molar-refractivity contribution in [3.05, 3.63) is 87.8 Å². The minimum absolute atomic E-state index is 0.174. The zero-order chi connectivity index (χ0) is 31.1. The summed E-state index contributed by atoms with van der Waals surface area (Å²) in [6.45, 7) is 4.24. The Morgan fingerprint density at radius 2 is 1.91 bits per heavy atom. The lowest BCUT2D eigenvalue weighted by Gasteiger charge is -2.33. The molecule has 1 atom stereocenters. The predicted octanol–water partition coefficient (Wildman–Crippen LogP) is 7.16. The topological polar surface area (TPSA) is 82.7 Å². The Kier molecular flexibility index (Phi) is 8.25. The van der Waals surface area contributed by atoms with Gasteiger partial charge in [0.15, 0.2) is 11.5 Å². The number of piperidine rings is 1. The molecule has 1 saturated heterocycles. The molecule has 232 valence electrons. The number of alkyl halides is 3. The first-order chi connectivity index (χ1) is 21.0. The zero-order valence-corrected chi connectivity index (χ0v) is 24.7. The Balaban J connectivity index is 1.15. The minimum Gasteiger partial charge on any atom is -0.444 e. The number of pyridine rings is 1. The number of aromatic nitrogens is 3. The molecule has 0 aliphatic carbocycles. The van der Waals surface area contributed by atoms with Crippen molar-refractivity contribution in [2.24, 2.45) is 0 Å². The van der Waals surface area contributed by atoms with Crippen LogP contribution in [0.2, 0.25) is 5.02 Å². The number of para-hydroxylation sites is 1. The van der Waals surface area contributed by atoms with Gasteiger partial charge in [0.05, 0.1) is 17.9 Å². The fourth-order valence-electron chi connectivity index (χ4n) is 5.74. The Labute approximate surface area is 255 Å². The van der Waals surface area contributed by atoms with Gasteiger partial charge in [-0.05, 0) is 74.2 Å². The molecule has 2 aliphatic rings. The highest BCUT2D eigenvalue weighted by molar-refractivity contribution is 6.30. The summed E-state index contributed by atoms with van der Waals surface area (Å²) < 4.78 is 75.7. The highest BCUT2D eigenvalue weighted by atomic mass is 35.5. The molecule has 0 unspecified atom stereocenters. The summed E-state index contributed by atoms with van der Waals surface area (Å²) >= 11 is 5.95. The van der Waals surface area contributed by atoms with E-state index in [9.17, 15) is 17.6 Å². The summed E-state index contributed by atoms with van der Waals surface area (Å²) in [6.07, 6.45) is -1.04. The van der Waals surface area contributed by atoms with Crippen LogP contribution in [0.25, 0.3) is 11.4 Å². The van der Waals surface area contributed by atoms with Crippen LogP contribution in [0.1, 0.15) is 54.0 Å². The van der Waals surface area contributed by atoms with Crippen molar-refractivity contribution < 1.29 is 36.3 Å². The van der Waals surface area contributed by atoms with E-state index in [1.165, 1.54) is 12.3 Å². The van der Waals surface area contributed by atoms with Gasteiger partial charge in [0.1, 0.15) is 5.82 Å². The molecule has 0 radical (unpaired) electrons. The summed E-state index contributed by atoms with van der Waals surface area (Å²) in [5, 5.41) is 3.78. The van der Waals surface area contributed by atoms with Crippen LogP contribution in [0.3, 0.4) is 0 Å². The molecule has 0 spiro atoms. The summed E-state index contributed by atoms with van der Waals surface area (Å²) in [4.78, 5) is 10.4. The van der Waals surface area contributed by atoms with E-state index in [1.807, 2.05) is 18.2 Å². The second-order valence-electron chi connectivity index (χ2n) is 11.0. The van der Waals surface area contributed by atoms with Crippen LogP contribution in [0.4, 0.5) is 17.6 Å². The molecule has 0 N–H and O–H groups in total. The molecule has 13 heteroatoms. The quantitative estimate of drug-likeness (QED) is 0.189. The van der Waals surface area contributed by atoms with Crippen molar-refractivity contribution >= 4 is 11.6 Å². The molecule has 6 rings (SSSR count). The summed E-state index contributed by atoms with van der Waals surface area (Å²) in [6, 6.07) is 11.9. The number of ether oxygens (including phenoxy) is 3. The number of nitrogens with zero attached hydrogens (tertiary/aromatic N) is 4. The zero-order valence-electron chi connectivity index (χ0n) is 24.0. The van der Waals surface area contributed by atoms with E-state index in [0.29, 0.717) is 41.7 Å². The standard InChI is InChI=1S/C31H29ClF4N4O4/c1-30(23-7-6-21(32)15-24(23)33)42-26-5-3-4-22(27(26)43-30)18-8-11-40(12-9-18)17-25-19(10-13-41-2)14-20(16-37-25)28-38-29(44-39-28)31(34,35)36/h3-7,14-16,18H,8-13,17H2,1-2H3/t30-/m1/s1. The first-order valence-electron chi connectivity index (χ1n) is 14.1. The van der Waals surface area contributed by atoms with Crippen molar-refractivity contribution in [2.75, 3.05) is 26.8 Å². The third kappa shape index (κ3) is 6.11. The van der Waals surface area contributed by atoms with Crippen molar-refractivity contribution in [2.45, 2.75) is 50.6 Å². The number of likely N-dealkylation sites (tertiary alicyclic amines) is 1. The van der Waals surface area contributed by atoms with Gasteiger partial charge in [0.2, 0.25) is 5.82 Å². The van der Waals surface area contributed by atoms with E-state index in [0.717, 1.165) is 42.8 Å². The van der Waals surface area contributed by atoms with Gasteiger partial charge in [-0.15, -0.1) is 0 Å². The van der Waals surface area contributed by atoms with Crippen LogP contribution in [-0.2, 0) is 29.7 Å². The van der Waals surface area contributed by atoms with Crippen LogP contribution in [0.5, 0.6) is 11.5 Å². The van der Waals surface area contributed by atoms with Crippen LogP contribution in [-0.4, -0.2) is 46.8 Å². The second kappa shape index (κ2) is 12.0. The monoisotopic (exact) mass is 632 g/mol. The summed E-state index contributed by atoms with van der Waals surface area (Å²) in [5.74, 6) is -2.01. The van der Waals surface area contributed by atoms with Gasteiger partial charge >= 0.3 is 12.1 Å². The number of rotatable bonds is 8. The van der Waals surface area contributed by atoms with Gasteiger partial charge in [0.25, 0.3) is 5.79 Å². The molecule has 2 aromatic heterocycles. The van der Waals surface area contributed by atoms with Gasteiger partial charge in [-0.1, -0.05) is 28.9 Å². The van der Waals surface area contributed by atoms with Gasteiger partial charge in [0, 0.05) is 42.9 Å². The van der Waals surface area contributed by atoms with E-state index >= 15 is 0 Å². The lowest BCUT2D eigenvalue weighted by molar-refractivity contribution is -0.159. The molecule has 1 fully saturated rings. The van der Waals surface area contributed by atoms with Crippen LogP contribution in [0, 0.1) is 5.82 Å². The molecule has 0 bridgehead atoms. The molecular formula is C31H29ClF4N4O4. The molecule has 4 heterocycles. The second-order valence-corrected chi connectivity index (χ2v) is 11.4. The SMILES string of the molecule is COCCc1cc(-c2noc(C(F)(F)F)n2)cnc1CN1CCC(c2cccc3c2O[C@](C)(c2ccc(Cl)cc2F)O3)CC1. The lowest BCUT2D eigenvalue weighted by Crippen LogP contribution is -2.34. The van der Waals surface area contributed by atoms with Crippen LogP contribution < -0.4 is 9.47 Å². The Morgan fingerprint density at radius 3 is 2.61 bits per heavy atom. The van der Waals surface area contributed by atoms with Crippen molar-refractivity contribution in [1.29, 1.82) is 0 Å². The first kappa shape index (κ1) is 30.3. The maximum Gasteiger partial charge on any atom is 0.471 e. The minimum atomic E-state index is -4.73. The van der Waals surface area contributed by atoms with Gasteiger partial charge in [-0.3, -0.25) is 9.88 Å². The third-order valence-electron chi connectivity index (χ3n) is 7.99. The van der Waals surface area contributed by atoms with E-state index in [-0.39, 0.29) is 17.3 Å². The average Bonchev–Trinajstić information content (AvgIpc) is 3.62. The van der Waals surface area contributed by atoms with Crippen molar-refractivity contribution in [3.63, 3.8) is 0 Å². The number of benzene rings is 2. The lowest BCUT2D eigenvalue weighted by atomic mass is 9.88. The van der Waals surface area contributed by atoms with Crippen molar-refractivity contribution in [1.82, 2.24) is 20.0 Å². The highest BCUT2D eigenvalue weighted by Crippen LogP contribution is 2.50. The van der Waals surface area contributed by atoms with E-state index in [2.05, 4.69) is 24.5 Å². The Hall–Kier alpha value is -3.74. The maximum absolute atomic E-state index is 14.8. The Bertz CT molecular complexity index is 1660. The fourth-order valence-corrected chi connectivity index (χ4v) is 5.90. The molecule has 2 aliphatic heterocycles. The van der Waals surface area contributed by atoms with Crippen LogP contribution in [0.15, 0.2) is 53.2 Å². The average molecular weight is 633 g/mol. The number of hydrogen-bond donors (Lipinski definition) is 0. The maximum atomic E-state index is 14.8. The van der Waals surface area contributed by atoms with Gasteiger partial charge in [-0.25, -0.2) is 4.39 Å². The van der Waals surface area contributed by atoms with Crippen LogP contribution >= 0.6 is 11.6 Å². The number of halogens is 5. The first-order valence-corrected chi connectivity index (χ1v) is 14.5. The fraction of sp³-hybridized carbons (Fsp3) is 0.387. The summed E-state index contributed by atoms with van der Waals surface area (Å²) in [5.41, 5.74) is 3.26. The van der Waals surface area contributed by atoms with Crippen molar-refractivity contribution in [3.8, 4) is 22.9 Å². The predicted molar refractivity (Wildman–Crippen MR) is 152 cm³/mol. The van der Waals surface area contributed by atoms with Gasteiger partial charge in [-0.2, -0.15) is 18.2 Å². The molecule has 44 heavy (non-hydrogen) atoms. The number of hydrogen-bond acceptors (Lipinski definition) is 8. The van der Waals surface area contributed by atoms with Gasteiger partial charge < -0.3 is 18.7 Å². The molecule has 8 nitrogen and oxygen atoms in total. The van der Waals surface area contributed by atoms with E-state index in [4.69, 9.17) is 25.8 Å². The molecule has 2 aromatic carbocycles. The number of methoxy groups -OCH3 is 1. The summed E-state index contributed by atoms with van der Waals surface area (Å²) in [7, 11) is 1.58. The van der Waals surface area contributed by atoms with E-state index in [1.54, 1.807) is 32.2 Å².